The molecule has 1 saturated heterocycles. The van der Waals surface area contributed by atoms with Crippen LogP contribution >= 0.6 is 0 Å². The minimum atomic E-state index is -0.556. The number of fused-ring (bicyclic) bond motifs is 1. The summed E-state index contributed by atoms with van der Waals surface area (Å²) < 4.78 is 5.30. The summed E-state index contributed by atoms with van der Waals surface area (Å²) in [6, 6.07) is 5.36. The van der Waals surface area contributed by atoms with Gasteiger partial charge in [0.25, 0.3) is 17.4 Å². The van der Waals surface area contributed by atoms with Crippen LogP contribution < -0.4 is 31.2 Å². The van der Waals surface area contributed by atoms with Gasteiger partial charge in [0.2, 0.25) is 5.95 Å². The van der Waals surface area contributed by atoms with Gasteiger partial charge in [0.05, 0.1) is 24.4 Å². The number of carbonyl (C=O) groups excluding carboxylic acids is 2. The average molecular weight is 423 g/mol. The Balaban J connectivity index is 1.77. The first-order chi connectivity index (χ1) is 14.9. The molecule has 4 rings (SSSR count). The van der Waals surface area contributed by atoms with Crippen LogP contribution in [-0.2, 0) is 9.59 Å². The Morgan fingerprint density at radius 2 is 2.13 bits per heavy atom. The number of aryl methyl sites for hydroxylation is 1. The van der Waals surface area contributed by atoms with Crippen LogP contribution in [0.15, 0.2) is 28.0 Å². The SMILES string of the molecule is COc1ccc(C)cc1NC(=O)C1=c2c(nc(N3CCCC(C)C3)[nH]c2=O)=NC(=O)C1. The van der Waals surface area contributed by atoms with Crippen molar-refractivity contribution in [1.82, 2.24) is 9.97 Å². The highest BCUT2D eigenvalue weighted by Crippen LogP contribution is 2.26. The Kier molecular flexibility index (Phi) is 5.58. The maximum absolute atomic E-state index is 13.0. The average Bonchev–Trinajstić information content (AvgIpc) is 2.73. The third-order valence-electron chi connectivity index (χ3n) is 5.58. The van der Waals surface area contributed by atoms with Crippen LogP contribution in [0.2, 0.25) is 0 Å². The maximum Gasteiger partial charge on any atom is 0.262 e. The molecule has 0 aliphatic carbocycles. The molecule has 162 valence electrons. The number of H-pyrrole nitrogens is 1. The summed E-state index contributed by atoms with van der Waals surface area (Å²) >= 11 is 0. The highest BCUT2D eigenvalue weighted by molar-refractivity contribution is 6.23. The van der Waals surface area contributed by atoms with E-state index in [0.29, 0.717) is 23.3 Å². The van der Waals surface area contributed by atoms with Gasteiger partial charge >= 0.3 is 0 Å². The zero-order valence-corrected chi connectivity index (χ0v) is 17.8. The quantitative estimate of drug-likeness (QED) is 0.746. The van der Waals surface area contributed by atoms with Crippen LogP contribution in [0.5, 0.6) is 5.75 Å². The third-order valence-corrected chi connectivity index (χ3v) is 5.58. The second-order valence-electron chi connectivity index (χ2n) is 8.10. The number of benzene rings is 1. The van der Waals surface area contributed by atoms with Crippen molar-refractivity contribution in [1.29, 1.82) is 0 Å². The van der Waals surface area contributed by atoms with Gasteiger partial charge in [0.15, 0.2) is 5.49 Å². The number of piperidine rings is 1. The summed E-state index contributed by atoms with van der Waals surface area (Å²) in [6.45, 7) is 5.56. The Morgan fingerprint density at radius 1 is 1.32 bits per heavy atom. The number of methoxy groups -OCH3 is 1. The number of anilines is 2. The summed E-state index contributed by atoms with van der Waals surface area (Å²) in [5, 5.41) is 2.80. The molecule has 1 fully saturated rings. The van der Waals surface area contributed by atoms with Crippen molar-refractivity contribution in [2.24, 2.45) is 10.9 Å². The molecule has 0 radical (unpaired) electrons. The minimum Gasteiger partial charge on any atom is -0.495 e. The molecule has 1 unspecified atom stereocenters. The molecule has 2 amide bonds. The van der Waals surface area contributed by atoms with Crippen molar-refractivity contribution < 1.29 is 14.3 Å². The zero-order valence-electron chi connectivity index (χ0n) is 17.8. The summed E-state index contributed by atoms with van der Waals surface area (Å²) in [7, 11) is 1.50. The summed E-state index contributed by atoms with van der Waals surface area (Å²) in [5.41, 5.74) is 0.951. The van der Waals surface area contributed by atoms with Crippen LogP contribution in [0.3, 0.4) is 0 Å². The van der Waals surface area contributed by atoms with E-state index in [2.05, 4.69) is 27.2 Å². The standard InChI is InChI=1S/C22H25N5O4/c1-12-6-7-16(31-3)15(9-12)23-20(29)14-10-17(28)24-19-18(14)21(30)26-22(25-19)27-8-4-5-13(2)11-27/h6-7,9,13H,4-5,8,10-11H2,1-3H3,(H,23,29)(H,24,25,26,28,30). The predicted molar refractivity (Wildman–Crippen MR) is 116 cm³/mol. The number of carbonyl (C=O) groups is 2. The molecular weight excluding hydrogens is 398 g/mol. The topological polar surface area (TPSA) is 117 Å². The number of hydrogen-bond donors (Lipinski definition) is 2. The lowest BCUT2D eigenvalue weighted by molar-refractivity contribution is -0.118. The van der Waals surface area contributed by atoms with E-state index in [1.54, 1.807) is 12.1 Å². The lowest BCUT2D eigenvalue weighted by Crippen LogP contribution is -2.51. The fraction of sp³-hybridized carbons (Fsp3) is 0.409. The number of ether oxygens (including phenoxy) is 1. The number of aromatic amines is 1. The normalized spacial score (nSPS) is 18.3. The molecule has 3 heterocycles. The number of hydrogen-bond acceptors (Lipinski definition) is 6. The first kappa shape index (κ1) is 20.8. The van der Waals surface area contributed by atoms with Gasteiger partial charge < -0.3 is 15.0 Å². The molecule has 1 aromatic carbocycles. The molecular formula is C22H25N5O4. The predicted octanol–water partition coefficient (Wildman–Crippen LogP) is 0.663. The van der Waals surface area contributed by atoms with Gasteiger partial charge in [0, 0.05) is 18.7 Å². The molecule has 2 aliphatic rings. The van der Waals surface area contributed by atoms with Crippen LogP contribution in [-0.4, -0.2) is 42.0 Å². The number of nitrogens with one attached hydrogen (secondary N) is 2. The molecule has 9 nitrogen and oxygen atoms in total. The van der Waals surface area contributed by atoms with Gasteiger partial charge in [-0.1, -0.05) is 13.0 Å². The van der Waals surface area contributed by atoms with Gasteiger partial charge in [-0.25, -0.2) is 0 Å². The summed E-state index contributed by atoms with van der Waals surface area (Å²) in [6.07, 6.45) is 1.85. The number of aromatic nitrogens is 2. The fourth-order valence-electron chi connectivity index (χ4n) is 4.04. The molecule has 0 spiro atoms. The Morgan fingerprint density at radius 3 is 2.87 bits per heavy atom. The number of rotatable bonds is 4. The van der Waals surface area contributed by atoms with Crippen molar-refractivity contribution in [3.63, 3.8) is 0 Å². The van der Waals surface area contributed by atoms with E-state index in [1.165, 1.54) is 7.11 Å². The largest absolute Gasteiger partial charge is 0.495 e. The fourth-order valence-corrected chi connectivity index (χ4v) is 4.04. The van der Waals surface area contributed by atoms with E-state index in [4.69, 9.17) is 4.74 Å². The number of nitrogens with zero attached hydrogens (tertiary/aromatic N) is 3. The second kappa shape index (κ2) is 8.33. The lowest BCUT2D eigenvalue weighted by atomic mass is 10.0. The molecule has 2 aliphatic heterocycles. The Labute approximate surface area is 178 Å². The molecule has 0 saturated carbocycles. The highest BCUT2D eigenvalue weighted by Gasteiger charge is 2.25. The van der Waals surface area contributed by atoms with Crippen molar-refractivity contribution >= 4 is 29.0 Å². The first-order valence-electron chi connectivity index (χ1n) is 10.3. The Hall–Kier alpha value is -3.49. The summed E-state index contributed by atoms with van der Waals surface area (Å²) in [4.78, 5) is 51.4. The molecule has 1 aromatic heterocycles. The van der Waals surface area contributed by atoms with Gasteiger partial charge in [-0.2, -0.15) is 9.98 Å². The zero-order chi connectivity index (χ0) is 22.1. The maximum atomic E-state index is 13.0. The van der Waals surface area contributed by atoms with E-state index < -0.39 is 17.4 Å². The van der Waals surface area contributed by atoms with Crippen molar-refractivity contribution in [2.45, 2.75) is 33.1 Å². The van der Waals surface area contributed by atoms with Crippen molar-refractivity contribution in [3.8, 4) is 5.75 Å². The Bertz CT molecular complexity index is 1230. The van der Waals surface area contributed by atoms with Crippen molar-refractivity contribution in [3.05, 3.63) is 44.8 Å². The second-order valence-corrected chi connectivity index (χ2v) is 8.10. The van der Waals surface area contributed by atoms with Gasteiger partial charge in [0.1, 0.15) is 5.75 Å². The lowest BCUT2D eigenvalue weighted by Gasteiger charge is -2.31. The van der Waals surface area contributed by atoms with E-state index >= 15 is 0 Å². The van der Waals surface area contributed by atoms with Crippen molar-refractivity contribution in [2.75, 3.05) is 30.4 Å². The first-order valence-corrected chi connectivity index (χ1v) is 10.3. The smallest absolute Gasteiger partial charge is 0.262 e. The van der Waals surface area contributed by atoms with Crippen LogP contribution in [0.1, 0.15) is 31.7 Å². The van der Waals surface area contributed by atoms with Gasteiger partial charge in [-0.15, -0.1) is 0 Å². The molecule has 9 heteroatoms. The molecule has 0 bridgehead atoms. The van der Waals surface area contributed by atoms with Crippen LogP contribution in [0, 0.1) is 12.8 Å². The van der Waals surface area contributed by atoms with E-state index in [9.17, 15) is 14.4 Å². The van der Waals surface area contributed by atoms with E-state index in [0.717, 1.165) is 31.5 Å². The highest BCUT2D eigenvalue weighted by atomic mass is 16.5. The van der Waals surface area contributed by atoms with Gasteiger partial charge in [-0.05, 0) is 43.4 Å². The van der Waals surface area contributed by atoms with Gasteiger partial charge in [-0.3, -0.25) is 19.4 Å². The van der Waals surface area contributed by atoms with E-state index in [-0.39, 0.29) is 22.7 Å². The molecule has 2 aromatic rings. The van der Waals surface area contributed by atoms with E-state index in [1.807, 2.05) is 17.9 Å². The third kappa shape index (κ3) is 4.21. The van der Waals surface area contributed by atoms with Crippen LogP contribution in [0.4, 0.5) is 11.6 Å². The molecule has 2 N–H and O–H groups in total. The minimum absolute atomic E-state index is 0.00502. The summed E-state index contributed by atoms with van der Waals surface area (Å²) in [5.74, 6) is 0.276. The monoisotopic (exact) mass is 423 g/mol. The number of amides is 2. The molecule has 1 atom stereocenters. The molecule has 31 heavy (non-hydrogen) atoms. The van der Waals surface area contributed by atoms with Crippen LogP contribution in [0.25, 0.3) is 5.57 Å².